The van der Waals surface area contributed by atoms with Crippen LogP contribution in [0.3, 0.4) is 0 Å². The lowest BCUT2D eigenvalue weighted by atomic mass is 9.96. The second-order valence-electron chi connectivity index (χ2n) is 13.7. The molecule has 1 nitrogen and oxygen atoms in total. The smallest absolute Gasteiger partial charge is 0.0555 e. The Morgan fingerprint density at radius 1 is 0.315 bits per heavy atom. The Bertz CT molecular complexity index is 2920. The summed E-state index contributed by atoms with van der Waals surface area (Å²) in [6.45, 7) is 0. The predicted octanol–water partition coefficient (Wildman–Crippen LogP) is 15.3. The molecule has 0 radical (unpaired) electrons. The molecule has 54 heavy (non-hydrogen) atoms. The zero-order valence-corrected chi connectivity index (χ0v) is 30.4. The Kier molecular flexibility index (Phi) is 8.09. The number of rotatable bonds is 7. The molecule has 0 atom stereocenters. The highest BCUT2D eigenvalue weighted by Gasteiger charge is 2.21. The van der Waals surface area contributed by atoms with Crippen molar-refractivity contribution in [1.82, 2.24) is 0 Å². The highest BCUT2D eigenvalue weighted by Crippen LogP contribution is 2.47. The van der Waals surface area contributed by atoms with Gasteiger partial charge in [0, 0.05) is 31.4 Å². The van der Waals surface area contributed by atoms with Crippen LogP contribution >= 0.6 is 11.3 Å². The second kappa shape index (κ2) is 13.7. The average Bonchev–Trinajstić information content (AvgIpc) is 3.64. The van der Waals surface area contributed by atoms with E-state index < -0.39 is 0 Å². The summed E-state index contributed by atoms with van der Waals surface area (Å²) >= 11 is 1.86. The summed E-state index contributed by atoms with van der Waals surface area (Å²) in [4.78, 5) is 2.46. The van der Waals surface area contributed by atoms with Crippen molar-refractivity contribution >= 4 is 59.3 Å². The van der Waals surface area contributed by atoms with Gasteiger partial charge < -0.3 is 4.90 Å². The Balaban J connectivity index is 1.09. The topological polar surface area (TPSA) is 3.24 Å². The number of nitrogens with zero attached hydrogens (tertiary/aromatic N) is 1. The number of para-hydroxylation sites is 1. The fraction of sp³-hybridized carbons (Fsp3) is 0. The SMILES string of the molecule is c1ccc(-c2ccc(-c3ccccc3N(c3ccc(-c4cccc(-c5ccc6ccccc6c5)c4)cc3)c3cccc4sc5ccccc5c34)cc2)cc1. The molecule has 0 bridgehead atoms. The number of hydrogen-bond donors (Lipinski definition) is 0. The molecule has 0 aliphatic carbocycles. The van der Waals surface area contributed by atoms with Gasteiger partial charge in [0.2, 0.25) is 0 Å². The normalized spacial score (nSPS) is 11.3. The molecule has 10 aromatic rings. The summed E-state index contributed by atoms with van der Waals surface area (Å²) in [7, 11) is 0. The molecule has 0 unspecified atom stereocenters. The average molecular weight is 706 g/mol. The van der Waals surface area contributed by atoms with Gasteiger partial charge in [-0.3, -0.25) is 0 Å². The summed E-state index contributed by atoms with van der Waals surface area (Å²) in [5, 5.41) is 5.07. The van der Waals surface area contributed by atoms with E-state index >= 15 is 0 Å². The van der Waals surface area contributed by atoms with Crippen LogP contribution < -0.4 is 4.90 Å². The highest BCUT2D eigenvalue weighted by atomic mass is 32.1. The summed E-state index contributed by atoms with van der Waals surface area (Å²) in [5.74, 6) is 0. The van der Waals surface area contributed by atoms with Gasteiger partial charge in [0.15, 0.2) is 0 Å². The number of fused-ring (bicyclic) bond motifs is 4. The minimum absolute atomic E-state index is 1.11. The maximum Gasteiger partial charge on any atom is 0.0555 e. The number of hydrogen-bond acceptors (Lipinski definition) is 2. The van der Waals surface area contributed by atoms with Crippen LogP contribution in [0.15, 0.2) is 212 Å². The molecule has 1 heterocycles. The van der Waals surface area contributed by atoms with Crippen molar-refractivity contribution in [2.24, 2.45) is 0 Å². The lowest BCUT2D eigenvalue weighted by molar-refractivity contribution is 1.30. The van der Waals surface area contributed by atoms with Gasteiger partial charge in [0.05, 0.1) is 11.4 Å². The van der Waals surface area contributed by atoms with E-state index in [-0.39, 0.29) is 0 Å². The van der Waals surface area contributed by atoms with Crippen molar-refractivity contribution < 1.29 is 0 Å². The monoisotopic (exact) mass is 705 g/mol. The first kappa shape index (κ1) is 32.0. The largest absolute Gasteiger partial charge is 0.309 e. The van der Waals surface area contributed by atoms with Gasteiger partial charge in [0.25, 0.3) is 0 Å². The third-order valence-electron chi connectivity index (χ3n) is 10.5. The lowest BCUT2D eigenvalue weighted by Gasteiger charge is -2.29. The van der Waals surface area contributed by atoms with E-state index in [1.807, 2.05) is 11.3 Å². The molecule has 254 valence electrons. The molecule has 0 amide bonds. The molecule has 0 spiro atoms. The van der Waals surface area contributed by atoms with Crippen LogP contribution in [0.4, 0.5) is 17.1 Å². The minimum atomic E-state index is 1.11. The summed E-state index contributed by atoms with van der Waals surface area (Å²) < 4.78 is 2.58. The molecule has 2 heteroatoms. The van der Waals surface area contributed by atoms with E-state index in [9.17, 15) is 0 Å². The Labute approximate surface area is 319 Å². The van der Waals surface area contributed by atoms with Gasteiger partial charge in [-0.1, -0.05) is 164 Å². The fourth-order valence-electron chi connectivity index (χ4n) is 7.79. The number of anilines is 3. The third kappa shape index (κ3) is 5.84. The van der Waals surface area contributed by atoms with Gasteiger partial charge in [-0.05, 0) is 98.2 Å². The van der Waals surface area contributed by atoms with E-state index in [0.29, 0.717) is 0 Å². The zero-order valence-electron chi connectivity index (χ0n) is 29.6. The predicted molar refractivity (Wildman–Crippen MR) is 233 cm³/mol. The molecule has 1 aromatic heterocycles. The van der Waals surface area contributed by atoms with E-state index in [0.717, 1.165) is 11.4 Å². The quantitative estimate of drug-likeness (QED) is 0.160. The first-order chi connectivity index (χ1) is 26.8. The van der Waals surface area contributed by atoms with Gasteiger partial charge in [-0.25, -0.2) is 0 Å². The molecule has 9 aromatic carbocycles. The van der Waals surface area contributed by atoms with Crippen LogP contribution in [-0.4, -0.2) is 0 Å². The van der Waals surface area contributed by atoms with Gasteiger partial charge in [-0.15, -0.1) is 11.3 Å². The third-order valence-corrected chi connectivity index (χ3v) is 11.6. The van der Waals surface area contributed by atoms with E-state index in [4.69, 9.17) is 0 Å². The van der Waals surface area contributed by atoms with Crippen LogP contribution in [-0.2, 0) is 0 Å². The lowest BCUT2D eigenvalue weighted by Crippen LogP contribution is -2.11. The van der Waals surface area contributed by atoms with Crippen LogP contribution in [0.2, 0.25) is 0 Å². The van der Waals surface area contributed by atoms with Crippen molar-refractivity contribution in [2.45, 2.75) is 0 Å². The van der Waals surface area contributed by atoms with Gasteiger partial charge >= 0.3 is 0 Å². The van der Waals surface area contributed by atoms with E-state index in [1.54, 1.807) is 0 Å². The van der Waals surface area contributed by atoms with Crippen molar-refractivity contribution in [3.63, 3.8) is 0 Å². The van der Waals surface area contributed by atoms with Crippen LogP contribution in [0.1, 0.15) is 0 Å². The van der Waals surface area contributed by atoms with Crippen molar-refractivity contribution in [3.05, 3.63) is 212 Å². The molecule has 0 saturated heterocycles. The van der Waals surface area contributed by atoms with Crippen LogP contribution in [0.25, 0.3) is 75.5 Å². The van der Waals surface area contributed by atoms with Crippen LogP contribution in [0.5, 0.6) is 0 Å². The van der Waals surface area contributed by atoms with Crippen molar-refractivity contribution in [2.75, 3.05) is 4.90 Å². The molecule has 0 saturated carbocycles. The Hall–Kier alpha value is -6.74. The summed E-state index contributed by atoms with van der Waals surface area (Å²) in [5.41, 5.74) is 13.0. The Morgan fingerprint density at radius 3 is 1.70 bits per heavy atom. The van der Waals surface area contributed by atoms with Gasteiger partial charge in [0.1, 0.15) is 0 Å². The molecular weight excluding hydrogens is 671 g/mol. The fourth-order valence-corrected chi connectivity index (χ4v) is 8.91. The molecule has 0 N–H and O–H groups in total. The summed E-state index contributed by atoms with van der Waals surface area (Å²) in [6.07, 6.45) is 0. The number of benzene rings is 9. The standard InChI is InChI=1S/C52H35NS/c1-2-12-36(13-3-1)38-24-27-40(28-25-38)46-18-6-8-20-48(46)53(49-21-11-23-51-52(49)47-19-7-9-22-50(47)54-51)45-32-30-39(31-33-45)42-16-10-17-43(34-42)44-29-26-37-14-4-5-15-41(37)35-44/h1-35H. The summed E-state index contributed by atoms with van der Waals surface area (Å²) in [6, 6.07) is 77.2. The second-order valence-corrected chi connectivity index (χ2v) is 14.8. The van der Waals surface area contributed by atoms with Crippen molar-refractivity contribution in [3.8, 4) is 44.5 Å². The number of thiophene rings is 1. The first-order valence-electron chi connectivity index (χ1n) is 18.4. The molecular formula is C52H35NS. The van der Waals surface area contributed by atoms with Crippen molar-refractivity contribution in [1.29, 1.82) is 0 Å². The maximum absolute atomic E-state index is 2.46. The maximum atomic E-state index is 2.46. The van der Waals surface area contributed by atoms with E-state index in [2.05, 4.69) is 217 Å². The van der Waals surface area contributed by atoms with E-state index in [1.165, 1.54) is 81.1 Å². The van der Waals surface area contributed by atoms with Gasteiger partial charge in [-0.2, -0.15) is 0 Å². The highest BCUT2D eigenvalue weighted by molar-refractivity contribution is 7.26. The van der Waals surface area contributed by atoms with Crippen LogP contribution in [0, 0.1) is 0 Å². The molecule has 10 rings (SSSR count). The molecule has 0 aliphatic rings. The Morgan fingerprint density at radius 2 is 0.852 bits per heavy atom. The molecule has 0 aliphatic heterocycles. The molecule has 0 fully saturated rings. The first-order valence-corrected chi connectivity index (χ1v) is 19.2. The minimum Gasteiger partial charge on any atom is -0.309 e. The zero-order chi connectivity index (χ0) is 35.8.